The molecule has 1 nitrogen and oxygen atoms in total. The van der Waals surface area contributed by atoms with Crippen LogP contribution in [0.15, 0.2) is 47.4 Å². The van der Waals surface area contributed by atoms with Crippen LogP contribution < -0.4 is 0 Å². The molecule has 0 saturated heterocycles. The van der Waals surface area contributed by atoms with Crippen LogP contribution in [-0.2, 0) is 0 Å². The van der Waals surface area contributed by atoms with Crippen LogP contribution in [0.1, 0.15) is 0 Å². The van der Waals surface area contributed by atoms with Crippen molar-refractivity contribution in [3.8, 4) is 16.9 Å². The van der Waals surface area contributed by atoms with Gasteiger partial charge in [0.15, 0.2) is 0 Å². The van der Waals surface area contributed by atoms with E-state index in [0.717, 1.165) is 6.07 Å². The average Bonchev–Trinajstić information content (AvgIpc) is 2.27. The molecule has 0 aliphatic rings. The highest BCUT2D eigenvalue weighted by atomic mass is 32.2. The molecule has 2 aromatic carbocycles. The lowest BCUT2D eigenvalue weighted by Gasteiger charge is -2.05. The Morgan fingerprint density at radius 2 is 1.61 bits per heavy atom. The normalized spacial score (nSPS) is 10.9. The Bertz CT molecular complexity index is 520. The van der Waals surface area contributed by atoms with Crippen molar-refractivity contribution in [3.63, 3.8) is 0 Å². The lowest BCUT2D eigenvalue weighted by Crippen LogP contribution is -1.83. The molecule has 0 unspecified atom stereocenters. The van der Waals surface area contributed by atoms with Gasteiger partial charge in [-0.05, 0) is 35.4 Å². The van der Waals surface area contributed by atoms with Gasteiger partial charge >= 0.3 is 0 Å². The van der Waals surface area contributed by atoms with Crippen molar-refractivity contribution in [1.82, 2.24) is 0 Å². The van der Waals surface area contributed by atoms with Crippen LogP contribution in [0.25, 0.3) is 11.1 Å². The molecule has 0 heterocycles. The lowest BCUT2D eigenvalue weighted by atomic mass is 10.1. The monoisotopic (exact) mass is 270 g/mol. The van der Waals surface area contributed by atoms with Gasteiger partial charge in [-0.15, -0.1) is 0 Å². The number of halogens is 3. The van der Waals surface area contributed by atoms with E-state index in [0.29, 0.717) is 27.8 Å². The van der Waals surface area contributed by atoms with Crippen LogP contribution in [0.2, 0.25) is 0 Å². The summed E-state index contributed by atoms with van der Waals surface area (Å²) in [7, 11) is 0. The minimum Gasteiger partial charge on any atom is -0.508 e. The third-order valence-corrected chi connectivity index (χ3v) is 3.02. The standard InChI is InChI=1S/C13H9F3OS/c14-10-5-9(6-11(17)7-10)8-1-3-12(4-2-8)18-13(15)16/h1-7,13,17H. The van der Waals surface area contributed by atoms with Gasteiger partial charge in [0.1, 0.15) is 11.6 Å². The van der Waals surface area contributed by atoms with Crippen molar-refractivity contribution < 1.29 is 18.3 Å². The van der Waals surface area contributed by atoms with E-state index in [2.05, 4.69) is 0 Å². The number of hydrogen-bond acceptors (Lipinski definition) is 2. The quantitative estimate of drug-likeness (QED) is 0.828. The Morgan fingerprint density at radius 3 is 2.17 bits per heavy atom. The maximum Gasteiger partial charge on any atom is 0.288 e. The molecule has 2 aromatic rings. The lowest BCUT2D eigenvalue weighted by molar-refractivity contribution is 0.252. The molecular formula is C13H9F3OS. The molecule has 0 aliphatic carbocycles. The van der Waals surface area contributed by atoms with Crippen molar-refractivity contribution >= 4 is 11.8 Å². The van der Waals surface area contributed by atoms with Gasteiger partial charge in [0.2, 0.25) is 0 Å². The highest BCUT2D eigenvalue weighted by molar-refractivity contribution is 7.99. The number of thioether (sulfide) groups is 1. The summed E-state index contributed by atoms with van der Waals surface area (Å²) in [6.07, 6.45) is 0. The maximum atomic E-state index is 13.1. The summed E-state index contributed by atoms with van der Waals surface area (Å²) in [4.78, 5) is 0.439. The van der Waals surface area contributed by atoms with Gasteiger partial charge in [-0.2, -0.15) is 8.78 Å². The fourth-order valence-corrected chi connectivity index (χ4v) is 2.07. The van der Waals surface area contributed by atoms with E-state index < -0.39 is 11.6 Å². The smallest absolute Gasteiger partial charge is 0.288 e. The fraction of sp³-hybridized carbons (Fsp3) is 0.0769. The van der Waals surface area contributed by atoms with E-state index in [1.165, 1.54) is 24.3 Å². The summed E-state index contributed by atoms with van der Waals surface area (Å²) in [6, 6.07) is 9.98. The van der Waals surface area contributed by atoms with E-state index in [4.69, 9.17) is 0 Å². The van der Waals surface area contributed by atoms with E-state index >= 15 is 0 Å². The second-order valence-corrected chi connectivity index (χ2v) is 4.66. The average molecular weight is 270 g/mol. The molecule has 5 heteroatoms. The van der Waals surface area contributed by atoms with Crippen LogP contribution in [0.4, 0.5) is 13.2 Å². The fourth-order valence-electron chi connectivity index (χ4n) is 1.57. The predicted octanol–water partition coefficient (Wildman–Crippen LogP) is 4.51. The minimum absolute atomic E-state index is 0.170. The van der Waals surface area contributed by atoms with Crippen molar-refractivity contribution in [1.29, 1.82) is 0 Å². The van der Waals surface area contributed by atoms with Gasteiger partial charge in [0, 0.05) is 11.0 Å². The van der Waals surface area contributed by atoms with E-state index in [-0.39, 0.29) is 5.75 Å². The molecule has 0 atom stereocenters. The minimum atomic E-state index is -2.46. The molecule has 0 aromatic heterocycles. The molecule has 0 amide bonds. The highest BCUT2D eigenvalue weighted by Crippen LogP contribution is 2.29. The third-order valence-electron chi connectivity index (χ3n) is 2.30. The van der Waals surface area contributed by atoms with Gasteiger partial charge in [-0.25, -0.2) is 4.39 Å². The zero-order valence-electron chi connectivity index (χ0n) is 9.11. The number of phenols is 1. The molecule has 94 valence electrons. The number of alkyl halides is 2. The molecule has 0 radical (unpaired) electrons. The molecule has 0 spiro atoms. The summed E-state index contributed by atoms with van der Waals surface area (Å²) in [5, 5.41) is 9.29. The molecular weight excluding hydrogens is 261 g/mol. The predicted molar refractivity (Wildman–Crippen MR) is 65.4 cm³/mol. The van der Waals surface area contributed by atoms with E-state index in [1.54, 1.807) is 12.1 Å². The highest BCUT2D eigenvalue weighted by Gasteiger charge is 2.06. The van der Waals surface area contributed by atoms with Gasteiger partial charge in [-0.1, -0.05) is 23.9 Å². The Morgan fingerprint density at radius 1 is 0.944 bits per heavy atom. The number of rotatable bonds is 3. The van der Waals surface area contributed by atoms with Gasteiger partial charge in [-0.3, -0.25) is 0 Å². The van der Waals surface area contributed by atoms with Crippen LogP contribution in [0.5, 0.6) is 5.75 Å². The van der Waals surface area contributed by atoms with Crippen LogP contribution in [0, 0.1) is 5.82 Å². The van der Waals surface area contributed by atoms with Crippen molar-refractivity contribution in [2.45, 2.75) is 10.7 Å². The molecule has 0 aliphatic heterocycles. The summed E-state index contributed by atoms with van der Waals surface area (Å²) in [6.45, 7) is 0. The molecule has 0 bridgehead atoms. The first kappa shape index (κ1) is 12.8. The van der Waals surface area contributed by atoms with Gasteiger partial charge < -0.3 is 5.11 Å². The summed E-state index contributed by atoms with van der Waals surface area (Å²) in [5.74, 6) is -3.18. The van der Waals surface area contributed by atoms with Gasteiger partial charge in [0.25, 0.3) is 5.76 Å². The first-order valence-corrected chi connectivity index (χ1v) is 5.97. The van der Waals surface area contributed by atoms with Crippen molar-refractivity contribution in [2.75, 3.05) is 0 Å². The molecule has 0 fully saturated rings. The summed E-state index contributed by atoms with van der Waals surface area (Å²) in [5.41, 5.74) is 1.16. The molecule has 2 rings (SSSR count). The summed E-state index contributed by atoms with van der Waals surface area (Å²) < 4.78 is 37.4. The Kier molecular flexibility index (Phi) is 3.81. The van der Waals surface area contributed by atoms with Crippen molar-refractivity contribution in [2.24, 2.45) is 0 Å². The molecule has 18 heavy (non-hydrogen) atoms. The van der Waals surface area contributed by atoms with Crippen LogP contribution in [0.3, 0.4) is 0 Å². The first-order chi connectivity index (χ1) is 8.54. The summed E-state index contributed by atoms with van der Waals surface area (Å²) >= 11 is 0.452. The Hall–Kier alpha value is -1.62. The maximum absolute atomic E-state index is 13.1. The number of phenolic OH excluding ortho intramolecular Hbond substituents is 1. The Labute approximate surface area is 106 Å². The second kappa shape index (κ2) is 5.35. The van der Waals surface area contributed by atoms with Crippen LogP contribution >= 0.6 is 11.8 Å². The largest absolute Gasteiger partial charge is 0.508 e. The second-order valence-electron chi connectivity index (χ2n) is 3.60. The third kappa shape index (κ3) is 3.20. The zero-order chi connectivity index (χ0) is 13.1. The molecule has 0 saturated carbocycles. The van der Waals surface area contributed by atoms with Crippen LogP contribution in [-0.4, -0.2) is 10.9 Å². The van der Waals surface area contributed by atoms with E-state index in [9.17, 15) is 18.3 Å². The van der Waals surface area contributed by atoms with E-state index in [1.807, 2.05) is 0 Å². The first-order valence-electron chi connectivity index (χ1n) is 5.09. The topological polar surface area (TPSA) is 20.2 Å². The number of aromatic hydroxyl groups is 1. The number of hydrogen-bond donors (Lipinski definition) is 1. The van der Waals surface area contributed by atoms with Crippen molar-refractivity contribution in [3.05, 3.63) is 48.3 Å². The number of benzene rings is 2. The zero-order valence-corrected chi connectivity index (χ0v) is 9.92. The molecule has 1 N–H and O–H groups in total. The SMILES string of the molecule is Oc1cc(F)cc(-c2ccc(SC(F)F)cc2)c1. The van der Waals surface area contributed by atoms with Gasteiger partial charge in [0.05, 0.1) is 0 Å². The Balaban J connectivity index is 2.28.